The molecule has 0 aliphatic rings. The summed E-state index contributed by atoms with van der Waals surface area (Å²) in [7, 11) is 0. The van der Waals surface area contributed by atoms with Gasteiger partial charge in [0.25, 0.3) is 0 Å². The molecule has 0 fully saturated rings. The number of hydrogen-bond donors (Lipinski definition) is 0. The fraction of sp³-hybridized carbons (Fsp3) is 0.357. The zero-order valence-corrected chi connectivity index (χ0v) is 12.3. The summed E-state index contributed by atoms with van der Waals surface area (Å²) in [6, 6.07) is 7.02. The zero-order chi connectivity index (χ0) is 15.6. The Morgan fingerprint density at radius 3 is 2.38 bits per heavy atom. The van der Waals surface area contributed by atoms with Crippen molar-refractivity contribution in [2.75, 3.05) is 6.61 Å². The summed E-state index contributed by atoms with van der Waals surface area (Å²) in [6.45, 7) is 3.63. The fourth-order valence-electron chi connectivity index (χ4n) is 1.93. The number of halogens is 4. The average Bonchev–Trinajstić information content (AvgIpc) is 2.74. The summed E-state index contributed by atoms with van der Waals surface area (Å²) in [6.07, 6.45) is -4.59. The lowest BCUT2D eigenvalue weighted by Crippen LogP contribution is -2.17. The van der Waals surface area contributed by atoms with Crippen LogP contribution in [0, 0.1) is 6.92 Å². The average molecular weight is 319 g/mol. The van der Waals surface area contributed by atoms with E-state index in [0.717, 1.165) is 10.1 Å². The van der Waals surface area contributed by atoms with Gasteiger partial charge in [-0.25, -0.2) is 4.98 Å². The van der Waals surface area contributed by atoms with E-state index in [2.05, 4.69) is 4.98 Å². The normalized spacial score (nSPS) is 11.9. The Hall–Kier alpha value is -1.53. The van der Waals surface area contributed by atoms with E-state index in [0.29, 0.717) is 12.2 Å². The van der Waals surface area contributed by atoms with Gasteiger partial charge in [0.2, 0.25) is 5.82 Å². The Labute approximate surface area is 125 Å². The van der Waals surface area contributed by atoms with Crippen molar-refractivity contribution in [1.29, 1.82) is 0 Å². The van der Waals surface area contributed by atoms with Gasteiger partial charge in [-0.2, -0.15) is 13.2 Å². The molecule has 21 heavy (non-hydrogen) atoms. The third kappa shape index (κ3) is 3.39. The van der Waals surface area contributed by atoms with Crippen LogP contribution in [0.2, 0.25) is 5.15 Å². The molecule has 0 unspecified atom stereocenters. The fourth-order valence-corrected chi connectivity index (χ4v) is 2.23. The van der Waals surface area contributed by atoms with Gasteiger partial charge in [-0.05, 0) is 13.8 Å². The lowest BCUT2D eigenvalue weighted by molar-refractivity contribution is -0.149. The van der Waals surface area contributed by atoms with E-state index < -0.39 is 12.0 Å². The van der Waals surface area contributed by atoms with Crippen molar-refractivity contribution in [3.8, 4) is 11.3 Å². The first-order valence-electron chi connectivity index (χ1n) is 6.32. The summed E-state index contributed by atoms with van der Waals surface area (Å²) in [5.41, 5.74) is 1.77. The molecule has 0 N–H and O–H groups in total. The minimum Gasteiger partial charge on any atom is -0.361 e. The molecule has 0 aliphatic heterocycles. The molecule has 0 saturated carbocycles. The van der Waals surface area contributed by atoms with Crippen molar-refractivity contribution >= 4 is 11.6 Å². The standard InChI is InChI=1S/C14H14ClF3N2O/c1-3-21-8-20-11(10-6-4-9(2)5-7-10)12(15)19-13(20)14(16,17)18/h4-7H,3,8H2,1-2H3. The van der Waals surface area contributed by atoms with E-state index in [-0.39, 0.29) is 17.6 Å². The lowest BCUT2D eigenvalue weighted by Gasteiger charge is -2.13. The predicted octanol–water partition coefficient (Wildman–Crippen LogP) is 4.52. The summed E-state index contributed by atoms with van der Waals surface area (Å²) < 4.78 is 45.2. The van der Waals surface area contributed by atoms with Gasteiger partial charge in [0.15, 0.2) is 5.15 Å². The Kier molecular flexibility index (Phi) is 4.58. The number of alkyl halides is 3. The second-order valence-electron chi connectivity index (χ2n) is 4.49. The highest BCUT2D eigenvalue weighted by molar-refractivity contribution is 6.32. The first-order chi connectivity index (χ1) is 9.84. The number of nitrogens with zero attached hydrogens (tertiary/aromatic N) is 2. The van der Waals surface area contributed by atoms with E-state index in [1.54, 1.807) is 31.2 Å². The minimum absolute atomic E-state index is 0.189. The number of benzene rings is 1. The van der Waals surface area contributed by atoms with Crippen molar-refractivity contribution in [1.82, 2.24) is 9.55 Å². The number of aromatic nitrogens is 2. The van der Waals surface area contributed by atoms with Gasteiger partial charge in [-0.1, -0.05) is 41.4 Å². The van der Waals surface area contributed by atoms with Crippen LogP contribution < -0.4 is 0 Å². The van der Waals surface area contributed by atoms with Crippen LogP contribution in [0.25, 0.3) is 11.3 Å². The third-order valence-corrected chi connectivity index (χ3v) is 3.19. The second kappa shape index (κ2) is 6.07. The zero-order valence-electron chi connectivity index (χ0n) is 11.5. The number of rotatable bonds is 4. The molecule has 1 heterocycles. The lowest BCUT2D eigenvalue weighted by atomic mass is 10.1. The van der Waals surface area contributed by atoms with Crippen LogP contribution in [-0.2, 0) is 17.6 Å². The highest BCUT2D eigenvalue weighted by Crippen LogP contribution is 2.36. The monoisotopic (exact) mass is 318 g/mol. The van der Waals surface area contributed by atoms with Gasteiger partial charge in [0, 0.05) is 12.2 Å². The molecular formula is C14H14ClF3N2O. The summed E-state index contributed by atoms with van der Waals surface area (Å²) in [4.78, 5) is 3.46. The number of imidazole rings is 1. The highest BCUT2D eigenvalue weighted by atomic mass is 35.5. The van der Waals surface area contributed by atoms with Crippen molar-refractivity contribution in [2.24, 2.45) is 0 Å². The van der Waals surface area contributed by atoms with Crippen molar-refractivity contribution in [3.63, 3.8) is 0 Å². The molecule has 7 heteroatoms. The number of aryl methyl sites for hydroxylation is 1. The van der Waals surface area contributed by atoms with Gasteiger partial charge >= 0.3 is 6.18 Å². The summed E-state index contributed by atoms with van der Waals surface area (Å²) in [5, 5.41) is -0.189. The van der Waals surface area contributed by atoms with Crippen LogP contribution in [0.5, 0.6) is 0 Å². The maximum absolute atomic E-state index is 13.1. The molecule has 1 aromatic carbocycles. The van der Waals surface area contributed by atoms with E-state index in [1.165, 1.54) is 0 Å². The highest BCUT2D eigenvalue weighted by Gasteiger charge is 2.39. The smallest absolute Gasteiger partial charge is 0.361 e. The van der Waals surface area contributed by atoms with Crippen molar-refractivity contribution < 1.29 is 17.9 Å². The van der Waals surface area contributed by atoms with Crippen LogP contribution in [0.3, 0.4) is 0 Å². The van der Waals surface area contributed by atoms with Crippen molar-refractivity contribution in [2.45, 2.75) is 26.8 Å². The second-order valence-corrected chi connectivity index (χ2v) is 4.85. The van der Waals surface area contributed by atoms with Gasteiger partial charge in [-0.15, -0.1) is 0 Å². The molecule has 2 rings (SSSR count). The van der Waals surface area contributed by atoms with E-state index in [1.807, 2.05) is 6.92 Å². The Bertz CT molecular complexity index is 620. The molecule has 0 atom stereocenters. The Morgan fingerprint density at radius 1 is 1.24 bits per heavy atom. The number of ether oxygens (including phenoxy) is 1. The summed E-state index contributed by atoms with van der Waals surface area (Å²) in [5.74, 6) is -1.06. The SMILES string of the molecule is CCOCn1c(C(F)(F)F)nc(Cl)c1-c1ccc(C)cc1. The van der Waals surface area contributed by atoms with Gasteiger partial charge < -0.3 is 4.74 Å². The molecule has 0 amide bonds. The third-order valence-electron chi connectivity index (χ3n) is 2.93. The Balaban J connectivity index is 2.58. The molecule has 0 bridgehead atoms. The molecule has 2 aromatic rings. The van der Waals surface area contributed by atoms with E-state index >= 15 is 0 Å². The molecule has 0 saturated heterocycles. The topological polar surface area (TPSA) is 27.1 Å². The van der Waals surface area contributed by atoms with E-state index in [9.17, 15) is 13.2 Å². The van der Waals surface area contributed by atoms with Gasteiger partial charge in [0.1, 0.15) is 6.73 Å². The molecule has 0 spiro atoms. The first kappa shape index (κ1) is 15.9. The molecule has 0 radical (unpaired) electrons. The largest absolute Gasteiger partial charge is 0.449 e. The number of hydrogen-bond acceptors (Lipinski definition) is 2. The van der Waals surface area contributed by atoms with Gasteiger partial charge in [0.05, 0.1) is 5.69 Å². The maximum Gasteiger partial charge on any atom is 0.449 e. The molecule has 3 nitrogen and oxygen atoms in total. The predicted molar refractivity (Wildman–Crippen MR) is 74.0 cm³/mol. The van der Waals surface area contributed by atoms with Crippen LogP contribution >= 0.6 is 11.6 Å². The first-order valence-corrected chi connectivity index (χ1v) is 6.70. The van der Waals surface area contributed by atoms with E-state index in [4.69, 9.17) is 16.3 Å². The van der Waals surface area contributed by atoms with Crippen molar-refractivity contribution in [3.05, 3.63) is 40.8 Å². The maximum atomic E-state index is 13.1. The molecule has 0 aliphatic carbocycles. The Morgan fingerprint density at radius 2 is 1.86 bits per heavy atom. The quantitative estimate of drug-likeness (QED) is 0.828. The van der Waals surface area contributed by atoms with Crippen LogP contribution in [0.15, 0.2) is 24.3 Å². The summed E-state index contributed by atoms with van der Waals surface area (Å²) >= 11 is 5.92. The van der Waals surface area contributed by atoms with Gasteiger partial charge in [-0.3, -0.25) is 4.57 Å². The minimum atomic E-state index is -4.59. The van der Waals surface area contributed by atoms with Crippen LogP contribution in [0.1, 0.15) is 18.3 Å². The molecular weight excluding hydrogens is 305 g/mol. The molecule has 114 valence electrons. The van der Waals surface area contributed by atoms with Crippen LogP contribution in [-0.4, -0.2) is 16.2 Å². The van der Waals surface area contributed by atoms with Crippen LogP contribution in [0.4, 0.5) is 13.2 Å². The molecule has 1 aromatic heterocycles.